The maximum atomic E-state index is 14.2. The van der Waals surface area contributed by atoms with Gasteiger partial charge in [0, 0.05) is 11.1 Å². The van der Waals surface area contributed by atoms with Crippen LogP contribution in [0.3, 0.4) is 0 Å². The fraction of sp³-hybridized carbons (Fsp3) is 0.172. The summed E-state index contributed by atoms with van der Waals surface area (Å²) in [7, 11) is -7.94. The molecule has 378 valence electrons. The zero-order valence-electron chi connectivity index (χ0n) is 39.4. The molecule has 0 saturated carbocycles. The summed E-state index contributed by atoms with van der Waals surface area (Å²) in [5.41, 5.74) is 4.86. The smallest absolute Gasteiger partial charge is 0.241 e. The number of benzene rings is 8. The average Bonchev–Trinajstić information content (AvgIpc) is 3.39. The van der Waals surface area contributed by atoms with Crippen LogP contribution in [0.25, 0.3) is 22.3 Å². The number of hydrogen-bond acceptors (Lipinski definition) is 10. The molecule has 2 aliphatic rings. The van der Waals surface area contributed by atoms with Gasteiger partial charge in [-0.05, 0) is 156 Å². The normalized spacial score (nSPS) is 19.5. The lowest BCUT2D eigenvalue weighted by Crippen LogP contribution is -2.58. The highest BCUT2D eigenvalue weighted by atomic mass is 32.2. The third-order valence-corrected chi connectivity index (χ3v) is 18.4. The summed E-state index contributed by atoms with van der Waals surface area (Å²) >= 11 is 0. The van der Waals surface area contributed by atoms with Crippen molar-refractivity contribution in [2.45, 2.75) is 60.5 Å². The molecular weight excluding hydrogens is 987 g/mol. The van der Waals surface area contributed by atoms with Crippen molar-refractivity contribution >= 4 is 31.4 Å². The predicted molar refractivity (Wildman–Crippen MR) is 279 cm³/mol. The molecule has 10 rings (SSSR count). The summed E-state index contributed by atoms with van der Waals surface area (Å²) in [5, 5.41) is 53.1. The second-order valence-corrected chi connectivity index (χ2v) is 22.6. The molecule has 8 aromatic carbocycles. The molecule has 12 nitrogen and oxygen atoms in total. The first-order valence-corrected chi connectivity index (χ1v) is 26.9. The van der Waals surface area contributed by atoms with Crippen LogP contribution in [0.1, 0.15) is 72.2 Å². The summed E-state index contributed by atoms with van der Waals surface area (Å²) in [5.74, 6) is -0.380. The molecule has 0 bridgehead atoms. The zero-order valence-corrected chi connectivity index (χ0v) is 41.1. The minimum atomic E-state index is -4.04. The summed E-state index contributed by atoms with van der Waals surface area (Å²) in [6.45, 7) is 0. The highest BCUT2D eigenvalue weighted by molar-refractivity contribution is 7.95. The Bertz CT molecular complexity index is 3550. The van der Waals surface area contributed by atoms with Crippen LogP contribution in [0.2, 0.25) is 0 Å². The lowest BCUT2D eigenvalue weighted by Gasteiger charge is -2.48. The average molecular weight is 1040 g/mol. The Morgan fingerprint density at radius 1 is 0.459 bits per heavy atom. The number of phenolic OH excluding ortho intramolecular Hbond substituents is 3. The van der Waals surface area contributed by atoms with E-state index in [2.05, 4.69) is 0 Å². The van der Waals surface area contributed by atoms with Crippen LogP contribution in [-0.2, 0) is 20.0 Å². The van der Waals surface area contributed by atoms with Gasteiger partial charge < -0.3 is 30.3 Å². The van der Waals surface area contributed by atoms with Crippen LogP contribution >= 0.6 is 0 Å². The first-order valence-electron chi connectivity index (χ1n) is 23.9. The molecule has 0 amide bonds. The van der Waals surface area contributed by atoms with Crippen LogP contribution in [-0.4, -0.2) is 52.9 Å². The van der Waals surface area contributed by atoms with E-state index in [1.165, 1.54) is 69.3 Å². The van der Waals surface area contributed by atoms with Crippen LogP contribution < -0.4 is 13.3 Å². The highest BCUT2D eigenvalue weighted by Gasteiger charge is 2.56. The second-order valence-electron chi connectivity index (χ2n) is 18.5. The van der Waals surface area contributed by atoms with E-state index >= 15 is 0 Å². The van der Waals surface area contributed by atoms with Gasteiger partial charge in [0.1, 0.15) is 50.9 Å². The third-order valence-electron chi connectivity index (χ3n) is 13.9. The zero-order chi connectivity index (χ0) is 51.9. The largest absolute Gasteiger partial charge is 0.508 e. The summed E-state index contributed by atoms with van der Waals surface area (Å²) in [6, 6.07) is 47.6. The standard InChI is InChI=1S/C58H50F2N2O10S2/c59-42-18-12-36(13-19-42)51(64)28-30-55-57(61(73(55,68)69)44-8-2-1-3-9-44)49-27-17-41(35-54(49)67)39-7-5-11-48(33-39)72-47-24-22-45(23-25-47)62-58(50-26-16-40(34-53(50)66)38-6-4-10-46(63)32-38)56(74(62,70)71)31-29-52(65)37-14-20-43(60)21-15-37/h1-27,32-35,51-52,55-58,63-67H,28-31H2/t51?,52?,55?,56-,57?,58+/m0/s1. The van der Waals surface area contributed by atoms with Crippen LogP contribution in [0, 0.1) is 11.6 Å². The number of rotatable bonds is 16. The summed E-state index contributed by atoms with van der Waals surface area (Å²) in [6.07, 6.45) is -1.89. The molecule has 0 aromatic heterocycles. The number of ether oxygens (including phenoxy) is 1. The second kappa shape index (κ2) is 20.3. The van der Waals surface area contributed by atoms with Crippen molar-refractivity contribution in [2.24, 2.45) is 0 Å². The van der Waals surface area contributed by atoms with E-state index in [4.69, 9.17) is 4.74 Å². The van der Waals surface area contributed by atoms with Crippen molar-refractivity contribution < 1.29 is 55.9 Å². The summed E-state index contributed by atoms with van der Waals surface area (Å²) < 4.78 is 92.3. The number of para-hydroxylation sites is 1. The first-order chi connectivity index (χ1) is 35.6. The van der Waals surface area contributed by atoms with Gasteiger partial charge in [0.2, 0.25) is 20.0 Å². The number of hydrogen-bond donors (Lipinski definition) is 5. The maximum absolute atomic E-state index is 14.2. The molecule has 5 N–H and O–H groups in total. The molecule has 2 heterocycles. The Morgan fingerprint density at radius 2 is 0.905 bits per heavy atom. The molecule has 16 heteroatoms. The van der Waals surface area contributed by atoms with Gasteiger partial charge in [-0.15, -0.1) is 0 Å². The molecule has 74 heavy (non-hydrogen) atoms. The van der Waals surface area contributed by atoms with E-state index in [9.17, 15) is 51.1 Å². The predicted octanol–water partition coefficient (Wildman–Crippen LogP) is 11.8. The molecule has 2 aliphatic heterocycles. The molecule has 2 saturated heterocycles. The minimum Gasteiger partial charge on any atom is -0.508 e. The molecule has 6 atom stereocenters. The number of aromatic hydroxyl groups is 3. The Hall–Kier alpha value is -7.76. The monoisotopic (exact) mass is 1040 g/mol. The topological polar surface area (TPSA) is 185 Å². The van der Waals surface area contributed by atoms with Crippen LogP contribution in [0.5, 0.6) is 28.7 Å². The fourth-order valence-corrected chi connectivity index (χ4v) is 14.3. The molecule has 4 unspecified atom stereocenters. The Kier molecular flexibility index (Phi) is 13.6. The first kappa shape index (κ1) is 49.8. The van der Waals surface area contributed by atoms with E-state index in [0.29, 0.717) is 67.4 Å². The van der Waals surface area contributed by atoms with Crippen molar-refractivity contribution in [1.82, 2.24) is 0 Å². The van der Waals surface area contributed by atoms with E-state index in [1.807, 2.05) is 6.07 Å². The van der Waals surface area contributed by atoms with Crippen molar-refractivity contribution in [3.63, 3.8) is 0 Å². The molecule has 0 aliphatic carbocycles. The molecular formula is C58H50F2N2O10S2. The SMILES string of the molecule is O=S1(=O)C(CCC(O)c2ccc(F)cc2)C(c2ccc(-c3cccc(Oc4ccc(N5[C@H](c6ccc(-c7cccc(O)c7)cc6O)[C@H](CCC(O)c6ccc(F)cc6)S5(=O)=O)cc4)c3)cc2O)N1c1ccccc1. The van der Waals surface area contributed by atoms with Crippen molar-refractivity contribution in [3.8, 4) is 51.0 Å². The van der Waals surface area contributed by atoms with Gasteiger partial charge in [0.25, 0.3) is 0 Å². The van der Waals surface area contributed by atoms with Crippen LogP contribution in [0.15, 0.2) is 188 Å². The molecule has 8 aromatic rings. The lowest BCUT2D eigenvalue weighted by atomic mass is 9.93. The Morgan fingerprint density at radius 3 is 1.38 bits per heavy atom. The maximum Gasteiger partial charge on any atom is 0.241 e. The fourth-order valence-electron chi connectivity index (χ4n) is 10.1. The van der Waals surface area contributed by atoms with E-state index in [-0.39, 0.29) is 42.9 Å². The van der Waals surface area contributed by atoms with Crippen LogP contribution in [0.4, 0.5) is 20.2 Å². The van der Waals surface area contributed by atoms with Gasteiger partial charge in [-0.3, -0.25) is 8.61 Å². The minimum absolute atomic E-state index is 0.0218. The number of nitrogens with zero attached hydrogens (tertiary/aromatic N) is 2. The molecule has 0 spiro atoms. The van der Waals surface area contributed by atoms with Crippen molar-refractivity contribution in [3.05, 3.63) is 222 Å². The van der Waals surface area contributed by atoms with Gasteiger partial charge in [-0.25, -0.2) is 25.6 Å². The van der Waals surface area contributed by atoms with Gasteiger partial charge >= 0.3 is 0 Å². The van der Waals surface area contributed by atoms with Crippen molar-refractivity contribution in [1.29, 1.82) is 0 Å². The molecule has 0 radical (unpaired) electrons. The van der Waals surface area contributed by atoms with Gasteiger partial charge in [-0.2, -0.15) is 0 Å². The highest BCUT2D eigenvalue weighted by Crippen LogP contribution is 2.52. The number of aliphatic hydroxyl groups excluding tert-OH is 2. The van der Waals surface area contributed by atoms with E-state index in [1.54, 1.807) is 121 Å². The van der Waals surface area contributed by atoms with Gasteiger partial charge in [-0.1, -0.05) is 91.0 Å². The third kappa shape index (κ3) is 9.76. The van der Waals surface area contributed by atoms with Gasteiger partial charge in [0.15, 0.2) is 0 Å². The number of phenols is 3. The number of halogens is 2. The molecule has 2 fully saturated rings. The van der Waals surface area contributed by atoms with Crippen molar-refractivity contribution in [2.75, 3.05) is 8.61 Å². The lowest BCUT2D eigenvalue weighted by molar-refractivity contribution is 0.161. The quantitative estimate of drug-likeness (QED) is 0.0624. The summed E-state index contributed by atoms with van der Waals surface area (Å²) in [4.78, 5) is 0. The van der Waals surface area contributed by atoms with Gasteiger partial charge in [0.05, 0.1) is 35.7 Å². The number of sulfonamides is 2. The number of aliphatic hydroxyl groups is 2. The number of anilines is 2. The Labute approximate surface area is 427 Å². The Balaban J connectivity index is 0.878. The van der Waals surface area contributed by atoms with E-state index < -0.39 is 66.5 Å². The van der Waals surface area contributed by atoms with E-state index in [0.717, 1.165) is 0 Å².